The van der Waals surface area contributed by atoms with Crippen LogP contribution in [0.2, 0.25) is 0 Å². The van der Waals surface area contributed by atoms with Gasteiger partial charge >= 0.3 is 0 Å². The number of carbonyl (C=O) groups excluding carboxylic acids is 1. The van der Waals surface area contributed by atoms with Crippen molar-refractivity contribution in [3.8, 4) is 5.82 Å². The molecule has 5 rings (SSSR count). The topological polar surface area (TPSA) is 79.5 Å². The fraction of sp³-hybridized carbons (Fsp3) is 0.480. The van der Waals surface area contributed by atoms with Gasteiger partial charge in [0.15, 0.2) is 5.82 Å². The second kappa shape index (κ2) is 8.57. The van der Waals surface area contributed by atoms with Gasteiger partial charge in [0.1, 0.15) is 5.84 Å². The highest BCUT2D eigenvalue weighted by molar-refractivity contribution is 5.98. The summed E-state index contributed by atoms with van der Waals surface area (Å²) in [6, 6.07) is 3.93. The van der Waals surface area contributed by atoms with Crippen molar-refractivity contribution in [3.05, 3.63) is 59.2 Å². The van der Waals surface area contributed by atoms with Gasteiger partial charge in [-0.05, 0) is 51.8 Å². The Morgan fingerprint density at radius 2 is 2.03 bits per heavy atom. The number of piperidine rings is 1. The molecule has 2 fully saturated rings. The van der Waals surface area contributed by atoms with Gasteiger partial charge in [0.2, 0.25) is 0 Å². The lowest BCUT2D eigenvalue weighted by atomic mass is 9.81. The monoisotopic (exact) mass is 445 g/mol. The molecule has 33 heavy (non-hydrogen) atoms. The van der Waals surface area contributed by atoms with Crippen LogP contribution < -0.4 is 0 Å². The Morgan fingerprint density at radius 3 is 2.79 bits per heavy atom. The third-order valence-corrected chi connectivity index (χ3v) is 6.99. The van der Waals surface area contributed by atoms with Crippen molar-refractivity contribution >= 4 is 11.7 Å². The van der Waals surface area contributed by atoms with Gasteiger partial charge in [-0.2, -0.15) is 0 Å². The molecule has 0 aromatic carbocycles. The second-order valence-electron chi connectivity index (χ2n) is 9.37. The van der Waals surface area contributed by atoms with Gasteiger partial charge in [-0.25, -0.2) is 14.7 Å². The smallest absolute Gasteiger partial charge is 0.258 e. The quantitative estimate of drug-likeness (QED) is 0.723. The minimum absolute atomic E-state index is 0.0118. The summed E-state index contributed by atoms with van der Waals surface area (Å²) in [4.78, 5) is 27.6. The number of fused-ring (bicyclic) bond motifs is 1. The number of hydrogen-bond acceptors (Lipinski definition) is 6. The van der Waals surface area contributed by atoms with E-state index in [9.17, 15) is 4.79 Å². The highest BCUT2D eigenvalue weighted by Gasteiger charge is 2.46. The van der Waals surface area contributed by atoms with Crippen LogP contribution in [0.3, 0.4) is 0 Å². The Labute approximate surface area is 194 Å². The maximum atomic E-state index is 13.6. The number of pyridine rings is 1. The van der Waals surface area contributed by atoms with E-state index >= 15 is 0 Å². The van der Waals surface area contributed by atoms with E-state index in [0.29, 0.717) is 23.2 Å². The number of rotatable bonds is 3. The third-order valence-electron chi connectivity index (χ3n) is 6.99. The molecule has 3 aliphatic heterocycles. The number of nitrogens with zero attached hydrogens (tertiary/aromatic N) is 7. The molecule has 3 aliphatic rings. The van der Waals surface area contributed by atoms with Crippen LogP contribution in [0.1, 0.15) is 49.7 Å². The first-order valence-electron chi connectivity index (χ1n) is 11.8. The normalized spacial score (nSPS) is 24.8. The van der Waals surface area contributed by atoms with Crippen LogP contribution in [0.5, 0.6) is 0 Å². The Balaban J connectivity index is 1.39. The van der Waals surface area contributed by atoms with E-state index in [-0.39, 0.29) is 11.9 Å². The van der Waals surface area contributed by atoms with Gasteiger partial charge in [-0.3, -0.25) is 4.79 Å². The number of allylic oxidation sites excluding steroid dienone is 3. The van der Waals surface area contributed by atoms with Crippen LogP contribution in [0.25, 0.3) is 5.82 Å². The zero-order valence-corrected chi connectivity index (χ0v) is 19.8. The van der Waals surface area contributed by atoms with Gasteiger partial charge < -0.3 is 9.80 Å². The molecule has 8 nitrogen and oxygen atoms in total. The molecule has 5 heterocycles. The maximum absolute atomic E-state index is 13.6. The van der Waals surface area contributed by atoms with Crippen LogP contribution in [0, 0.1) is 18.8 Å². The van der Waals surface area contributed by atoms with Gasteiger partial charge in [0, 0.05) is 42.9 Å². The largest absolute Gasteiger partial charge is 0.357 e. The van der Waals surface area contributed by atoms with Crippen molar-refractivity contribution in [2.24, 2.45) is 16.8 Å². The molecular weight excluding hydrogens is 414 g/mol. The van der Waals surface area contributed by atoms with E-state index in [1.54, 1.807) is 17.1 Å². The Morgan fingerprint density at radius 1 is 1.18 bits per heavy atom. The number of aromatic nitrogens is 4. The summed E-state index contributed by atoms with van der Waals surface area (Å²) in [7, 11) is 0. The average Bonchev–Trinajstić information content (AvgIpc) is 3.27. The van der Waals surface area contributed by atoms with Crippen molar-refractivity contribution < 1.29 is 4.79 Å². The van der Waals surface area contributed by atoms with Crippen LogP contribution in [-0.2, 0) is 0 Å². The van der Waals surface area contributed by atoms with Gasteiger partial charge in [0.25, 0.3) is 5.91 Å². The first-order chi connectivity index (χ1) is 15.9. The number of likely N-dealkylation sites (tertiary alicyclic amines) is 2. The summed E-state index contributed by atoms with van der Waals surface area (Å²) in [6.07, 6.45) is 9.89. The predicted octanol–water partition coefficient (Wildman–Crippen LogP) is 3.41. The molecule has 2 saturated heterocycles. The summed E-state index contributed by atoms with van der Waals surface area (Å²) in [5, 5.41) is 7.96. The van der Waals surface area contributed by atoms with Crippen molar-refractivity contribution in [3.63, 3.8) is 0 Å². The van der Waals surface area contributed by atoms with Crippen LogP contribution in [0.15, 0.2) is 52.9 Å². The number of aliphatic imine (C=N–C) groups is 1. The Kier molecular flexibility index (Phi) is 5.60. The summed E-state index contributed by atoms with van der Waals surface area (Å²) in [5.41, 5.74) is 3.71. The van der Waals surface area contributed by atoms with E-state index in [1.165, 1.54) is 5.57 Å². The molecule has 1 amide bonds. The number of amidine groups is 1. The van der Waals surface area contributed by atoms with Crippen molar-refractivity contribution in [1.82, 2.24) is 29.8 Å². The molecule has 0 bridgehead atoms. The number of carbonyl (C=O) groups is 1. The lowest BCUT2D eigenvalue weighted by Gasteiger charge is -2.54. The van der Waals surface area contributed by atoms with Crippen LogP contribution in [0.4, 0.5) is 0 Å². The van der Waals surface area contributed by atoms with Gasteiger partial charge in [-0.15, -0.1) is 5.10 Å². The first kappa shape index (κ1) is 21.6. The highest BCUT2D eigenvalue weighted by atomic mass is 16.2. The molecule has 0 radical (unpaired) electrons. The third kappa shape index (κ3) is 3.98. The fourth-order valence-electron chi connectivity index (χ4n) is 5.27. The minimum atomic E-state index is 0.0118. The van der Waals surface area contributed by atoms with Crippen molar-refractivity contribution in [1.29, 1.82) is 0 Å². The minimum Gasteiger partial charge on any atom is -0.357 e. The van der Waals surface area contributed by atoms with E-state index in [0.717, 1.165) is 49.7 Å². The molecule has 3 unspecified atom stereocenters. The summed E-state index contributed by atoms with van der Waals surface area (Å²) >= 11 is 0. The van der Waals surface area contributed by atoms with E-state index < -0.39 is 0 Å². The SMILES string of the molecule is CCC1C=C(C)C=C(C)N=C1N1CCC2CN(C(=O)c3ccc(C)nc3-n3ccnn3)C2C1. The summed E-state index contributed by atoms with van der Waals surface area (Å²) < 4.78 is 1.57. The fourth-order valence-corrected chi connectivity index (χ4v) is 5.27. The molecular formula is C25H31N7O. The highest BCUT2D eigenvalue weighted by Crippen LogP contribution is 2.35. The van der Waals surface area contributed by atoms with Crippen molar-refractivity contribution in [2.45, 2.75) is 46.6 Å². The molecule has 0 spiro atoms. The number of amides is 1. The molecule has 2 aromatic heterocycles. The average molecular weight is 446 g/mol. The van der Waals surface area contributed by atoms with E-state index in [4.69, 9.17) is 4.99 Å². The van der Waals surface area contributed by atoms with Crippen molar-refractivity contribution in [2.75, 3.05) is 19.6 Å². The second-order valence-corrected chi connectivity index (χ2v) is 9.37. The van der Waals surface area contributed by atoms with Gasteiger partial charge in [-0.1, -0.05) is 23.8 Å². The zero-order valence-electron chi connectivity index (χ0n) is 19.8. The molecule has 0 aliphatic carbocycles. The summed E-state index contributed by atoms with van der Waals surface area (Å²) in [6.45, 7) is 11.0. The van der Waals surface area contributed by atoms with Crippen LogP contribution >= 0.6 is 0 Å². The first-order valence-corrected chi connectivity index (χ1v) is 11.8. The Hall–Kier alpha value is -3.29. The lowest BCUT2D eigenvalue weighted by molar-refractivity contribution is -0.0148. The number of hydrogen-bond donors (Lipinski definition) is 0. The molecule has 0 N–H and O–H groups in total. The predicted molar refractivity (Wildman–Crippen MR) is 127 cm³/mol. The van der Waals surface area contributed by atoms with E-state index in [1.807, 2.05) is 24.0 Å². The lowest BCUT2D eigenvalue weighted by Crippen LogP contribution is -2.66. The molecule has 172 valence electrons. The molecule has 0 saturated carbocycles. The van der Waals surface area contributed by atoms with E-state index in [2.05, 4.69) is 53.1 Å². The maximum Gasteiger partial charge on any atom is 0.258 e. The van der Waals surface area contributed by atoms with Gasteiger partial charge in [0.05, 0.1) is 24.0 Å². The summed E-state index contributed by atoms with van der Waals surface area (Å²) in [5.74, 6) is 2.53. The molecule has 3 atom stereocenters. The number of aryl methyl sites for hydroxylation is 1. The zero-order chi connectivity index (χ0) is 23.1. The Bertz CT molecular complexity index is 1150. The molecule has 8 heteroatoms. The molecule has 2 aromatic rings. The van der Waals surface area contributed by atoms with Crippen LogP contribution in [-0.4, -0.2) is 67.2 Å². The standard InChI is InChI=1S/C25H31N7O/c1-5-19-13-16(2)12-18(4)28-23(19)30-10-8-20-14-31(22(20)15-30)25(33)21-7-6-17(3)27-24(21)32-11-9-26-29-32/h6-7,9,11-13,19-20,22H,5,8,10,14-15H2,1-4H3.